The molecule has 0 aliphatic heterocycles. The van der Waals surface area contributed by atoms with Crippen LogP contribution in [0, 0.1) is 5.82 Å². The summed E-state index contributed by atoms with van der Waals surface area (Å²) in [6.45, 7) is 4.14. The molecule has 17 heavy (non-hydrogen) atoms. The second-order valence-electron chi connectivity index (χ2n) is 3.23. The molecule has 6 heteroatoms. The molecule has 0 unspecified atom stereocenters. The summed E-state index contributed by atoms with van der Waals surface area (Å²) < 4.78 is 13.3. The van der Waals surface area contributed by atoms with Crippen LogP contribution < -0.4 is 10.6 Å². The molecule has 1 rings (SSSR count). The molecule has 0 aliphatic carbocycles. The normalized spacial score (nSPS) is 9.59. The molecule has 0 aromatic heterocycles. The fraction of sp³-hybridized carbons (Fsp3) is 0.364. The van der Waals surface area contributed by atoms with E-state index in [1.54, 1.807) is 0 Å². The lowest BCUT2D eigenvalue weighted by Gasteiger charge is -2.07. The van der Waals surface area contributed by atoms with Crippen molar-refractivity contribution < 1.29 is 9.18 Å². The van der Waals surface area contributed by atoms with Crippen molar-refractivity contribution in [1.82, 2.24) is 10.6 Å². The van der Waals surface area contributed by atoms with Gasteiger partial charge in [-0.3, -0.25) is 4.79 Å². The highest BCUT2D eigenvalue weighted by atomic mass is 79.9. The van der Waals surface area contributed by atoms with Crippen molar-refractivity contribution in [3.63, 3.8) is 0 Å². The van der Waals surface area contributed by atoms with Gasteiger partial charge in [-0.2, -0.15) is 0 Å². The molecular formula is C11H15BrClFN2O. The summed E-state index contributed by atoms with van der Waals surface area (Å²) in [6, 6.07) is 4.01. The fourth-order valence-electron chi connectivity index (χ4n) is 1.21. The Labute approximate surface area is 115 Å². The second-order valence-corrected chi connectivity index (χ2v) is 4.09. The van der Waals surface area contributed by atoms with Gasteiger partial charge in [0.1, 0.15) is 5.82 Å². The maximum atomic E-state index is 12.8. The maximum Gasteiger partial charge on any atom is 0.252 e. The minimum absolute atomic E-state index is 0. The van der Waals surface area contributed by atoms with E-state index in [1.807, 2.05) is 6.92 Å². The largest absolute Gasteiger partial charge is 0.351 e. The van der Waals surface area contributed by atoms with E-state index in [0.29, 0.717) is 16.6 Å². The van der Waals surface area contributed by atoms with Gasteiger partial charge in [0, 0.05) is 17.6 Å². The van der Waals surface area contributed by atoms with Crippen LogP contribution in [-0.2, 0) is 0 Å². The summed E-state index contributed by atoms with van der Waals surface area (Å²) in [5.41, 5.74) is 0.442. The van der Waals surface area contributed by atoms with Crippen molar-refractivity contribution in [2.24, 2.45) is 0 Å². The van der Waals surface area contributed by atoms with E-state index in [1.165, 1.54) is 18.2 Å². The topological polar surface area (TPSA) is 41.1 Å². The molecule has 0 spiro atoms. The minimum Gasteiger partial charge on any atom is -0.351 e. The predicted octanol–water partition coefficient (Wildman–Crippen LogP) is 2.35. The van der Waals surface area contributed by atoms with Crippen LogP contribution in [0.25, 0.3) is 0 Å². The van der Waals surface area contributed by atoms with Crippen LogP contribution >= 0.6 is 28.3 Å². The molecule has 1 aromatic rings. The Balaban J connectivity index is 0.00000256. The van der Waals surface area contributed by atoms with Crippen molar-refractivity contribution in [1.29, 1.82) is 0 Å². The predicted molar refractivity (Wildman–Crippen MR) is 72.2 cm³/mol. The number of rotatable bonds is 5. The van der Waals surface area contributed by atoms with Crippen molar-refractivity contribution >= 4 is 34.2 Å². The standard InChI is InChI=1S/C11H14BrFN2O.ClH/c1-2-14-5-6-15-11(16)9-4-3-8(13)7-10(9)12;/h3-4,7,14H,2,5-6H2,1H3,(H,15,16);1H. The number of hydrogen-bond acceptors (Lipinski definition) is 2. The monoisotopic (exact) mass is 324 g/mol. The lowest BCUT2D eigenvalue weighted by atomic mass is 10.2. The van der Waals surface area contributed by atoms with Crippen LogP contribution in [0.5, 0.6) is 0 Å². The van der Waals surface area contributed by atoms with Gasteiger partial charge in [-0.15, -0.1) is 12.4 Å². The summed E-state index contributed by atoms with van der Waals surface area (Å²) >= 11 is 3.15. The maximum absolute atomic E-state index is 12.8. The third kappa shape index (κ3) is 5.48. The van der Waals surface area contributed by atoms with Crippen molar-refractivity contribution in [2.45, 2.75) is 6.92 Å². The molecule has 1 amide bonds. The number of carbonyl (C=O) groups is 1. The van der Waals surface area contributed by atoms with Crippen LogP contribution in [-0.4, -0.2) is 25.5 Å². The lowest BCUT2D eigenvalue weighted by molar-refractivity contribution is 0.0953. The quantitative estimate of drug-likeness (QED) is 0.816. The summed E-state index contributed by atoms with van der Waals surface area (Å²) in [5, 5.41) is 5.83. The molecule has 0 fully saturated rings. The average Bonchev–Trinajstić information content (AvgIpc) is 2.24. The van der Waals surface area contributed by atoms with E-state index in [2.05, 4.69) is 26.6 Å². The zero-order chi connectivity index (χ0) is 12.0. The Morgan fingerprint density at radius 3 is 2.71 bits per heavy atom. The number of likely N-dealkylation sites (N-methyl/N-ethyl adjacent to an activating group) is 1. The van der Waals surface area contributed by atoms with E-state index in [9.17, 15) is 9.18 Å². The first kappa shape index (κ1) is 16.4. The Morgan fingerprint density at radius 1 is 1.41 bits per heavy atom. The van der Waals surface area contributed by atoms with Crippen LogP contribution in [0.2, 0.25) is 0 Å². The number of nitrogens with one attached hydrogen (secondary N) is 2. The van der Waals surface area contributed by atoms with Crippen molar-refractivity contribution in [3.8, 4) is 0 Å². The van der Waals surface area contributed by atoms with Crippen LogP contribution in [0.3, 0.4) is 0 Å². The first-order valence-electron chi connectivity index (χ1n) is 5.09. The third-order valence-corrected chi connectivity index (χ3v) is 2.67. The highest BCUT2D eigenvalue weighted by molar-refractivity contribution is 9.10. The molecule has 1 aromatic carbocycles. The molecule has 96 valence electrons. The Kier molecular flexibility index (Phi) is 8.12. The number of amides is 1. The smallest absolute Gasteiger partial charge is 0.252 e. The average molecular weight is 326 g/mol. The van der Waals surface area contributed by atoms with Gasteiger partial charge in [-0.25, -0.2) is 4.39 Å². The van der Waals surface area contributed by atoms with E-state index in [-0.39, 0.29) is 24.1 Å². The van der Waals surface area contributed by atoms with Crippen LogP contribution in [0.1, 0.15) is 17.3 Å². The fourth-order valence-corrected chi connectivity index (χ4v) is 1.74. The van der Waals surface area contributed by atoms with Crippen molar-refractivity contribution in [3.05, 3.63) is 34.1 Å². The van der Waals surface area contributed by atoms with E-state index in [4.69, 9.17) is 0 Å². The highest BCUT2D eigenvalue weighted by Gasteiger charge is 2.09. The summed E-state index contributed by atoms with van der Waals surface area (Å²) in [4.78, 5) is 11.6. The number of hydrogen-bond donors (Lipinski definition) is 2. The summed E-state index contributed by atoms with van der Waals surface area (Å²) in [6.07, 6.45) is 0. The molecular weight excluding hydrogens is 310 g/mol. The van der Waals surface area contributed by atoms with E-state index >= 15 is 0 Å². The van der Waals surface area contributed by atoms with Gasteiger partial charge in [0.15, 0.2) is 0 Å². The van der Waals surface area contributed by atoms with Crippen molar-refractivity contribution in [2.75, 3.05) is 19.6 Å². The van der Waals surface area contributed by atoms with Crippen LogP contribution in [0.15, 0.2) is 22.7 Å². The molecule has 3 nitrogen and oxygen atoms in total. The minimum atomic E-state index is -0.365. The van der Waals surface area contributed by atoms with E-state index in [0.717, 1.165) is 13.1 Å². The van der Waals surface area contributed by atoms with E-state index < -0.39 is 0 Å². The molecule has 0 atom stereocenters. The Bertz CT molecular complexity index is 376. The van der Waals surface area contributed by atoms with Gasteiger partial charge in [0.05, 0.1) is 5.56 Å². The highest BCUT2D eigenvalue weighted by Crippen LogP contribution is 2.17. The van der Waals surface area contributed by atoms with Gasteiger partial charge in [-0.1, -0.05) is 6.92 Å². The van der Waals surface area contributed by atoms with Crippen LogP contribution in [0.4, 0.5) is 4.39 Å². The molecule has 0 heterocycles. The molecule has 0 bridgehead atoms. The molecule has 0 saturated carbocycles. The lowest BCUT2D eigenvalue weighted by Crippen LogP contribution is -2.31. The molecule has 0 saturated heterocycles. The first-order valence-corrected chi connectivity index (χ1v) is 5.88. The summed E-state index contributed by atoms with van der Waals surface area (Å²) in [5.74, 6) is -0.569. The molecule has 0 aliphatic rings. The third-order valence-electron chi connectivity index (χ3n) is 2.01. The van der Waals surface area contributed by atoms with Gasteiger partial charge in [0.25, 0.3) is 5.91 Å². The summed E-state index contributed by atoms with van der Waals surface area (Å²) in [7, 11) is 0. The number of benzene rings is 1. The molecule has 2 N–H and O–H groups in total. The second kappa shape index (κ2) is 8.44. The van der Waals surface area contributed by atoms with Gasteiger partial charge in [-0.05, 0) is 40.7 Å². The first-order chi connectivity index (χ1) is 7.65. The zero-order valence-electron chi connectivity index (χ0n) is 9.43. The molecule has 0 radical (unpaired) electrons. The van der Waals surface area contributed by atoms with Gasteiger partial charge in [0.2, 0.25) is 0 Å². The SMILES string of the molecule is CCNCCNC(=O)c1ccc(F)cc1Br.Cl. The van der Waals surface area contributed by atoms with Gasteiger partial charge >= 0.3 is 0 Å². The van der Waals surface area contributed by atoms with Gasteiger partial charge < -0.3 is 10.6 Å². The number of halogens is 3. The number of carbonyl (C=O) groups excluding carboxylic acids is 1. The Hall–Kier alpha value is -0.650. The Morgan fingerprint density at radius 2 is 2.12 bits per heavy atom. The zero-order valence-corrected chi connectivity index (χ0v) is 11.8.